The standard InChI is InChI=1S/C18H21N3O6S/c1-18(2,3)27-17(26)19-11-6-4-5-10(7-11)15-21-13(9-28-15)14(23)20-12(8-22)16(24)25/h4-7,9,12,22H,8H2,1-3H3,(H,19,26)(H,20,23)(H,24,25)/t12-/m0/s1. The molecule has 2 aromatic rings. The van der Waals surface area contributed by atoms with Gasteiger partial charge in [-0.05, 0) is 32.9 Å². The fraction of sp³-hybridized carbons (Fsp3) is 0.333. The summed E-state index contributed by atoms with van der Waals surface area (Å²) in [5.41, 5.74) is 0.570. The SMILES string of the molecule is CC(C)(C)OC(=O)Nc1cccc(-c2nc(C(=O)N[C@@H](CO)C(=O)O)cs2)c1. The number of benzene rings is 1. The molecule has 28 heavy (non-hydrogen) atoms. The van der Waals surface area contributed by atoms with Crippen LogP contribution >= 0.6 is 11.3 Å². The van der Waals surface area contributed by atoms with Crippen molar-refractivity contribution in [1.29, 1.82) is 0 Å². The second-order valence-electron chi connectivity index (χ2n) is 6.79. The van der Waals surface area contributed by atoms with Gasteiger partial charge in [-0.15, -0.1) is 11.3 Å². The molecular weight excluding hydrogens is 386 g/mol. The van der Waals surface area contributed by atoms with Gasteiger partial charge in [0, 0.05) is 16.6 Å². The normalized spacial score (nSPS) is 12.1. The third-order valence-electron chi connectivity index (χ3n) is 3.28. The molecule has 0 aliphatic heterocycles. The van der Waals surface area contributed by atoms with E-state index < -0.39 is 36.2 Å². The number of nitrogens with one attached hydrogen (secondary N) is 2. The van der Waals surface area contributed by atoms with E-state index in [1.54, 1.807) is 45.0 Å². The Morgan fingerprint density at radius 2 is 2.00 bits per heavy atom. The van der Waals surface area contributed by atoms with Crippen LogP contribution in [-0.4, -0.2) is 51.4 Å². The molecule has 0 saturated carbocycles. The maximum Gasteiger partial charge on any atom is 0.412 e. The minimum absolute atomic E-state index is 0.0326. The highest BCUT2D eigenvalue weighted by atomic mass is 32.1. The molecule has 2 rings (SSSR count). The first-order valence-electron chi connectivity index (χ1n) is 8.29. The number of carbonyl (C=O) groups is 3. The number of thiazole rings is 1. The van der Waals surface area contributed by atoms with Crippen molar-refractivity contribution in [3.05, 3.63) is 35.3 Å². The van der Waals surface area contributed by atoms with Gasteiger partial charge in [-0.2, -0.15) is 0 Å². The number of nitrogens with zero attached hydrogens (tertiary/aromatic N) is 1. The smallest absolute Gasteiger partial charge is 0.412 e. The molecular formula is C18H21N3O6S. The zero-order chi connectivity index (χ0) is 20.9. The lowest BCUT2D eigenvalue weighted by molar-refractivity contribution is -0.140. The molecule has 4 N–H and O–H groups in total. The van der Waals surface area contributed by atoms with Crippen molar-refractivity contribution in [2.45, 2.75) is 32.4 Å². The van der Waals surface area contributed by atoms with Crippen molar-refractivity contribution in [1.82, 2.24) is 10.3 Å². The predicted octanol–water partition coefficient (Wildman–Crippen LogP) is 2.33. The number of aromatic nitrogens is 1. The van der Waals surface area contributed by atoms with Crippen LogP contribution < -0.4 is 10.6 Å². The number of aliphatic hydroxyl groups is 1. The Bertz CT molecular complexity index is 874. The number of anilines is 1. The fourth-order valence-corrected chi connectivity index (χ4v) is 2.88. The number of carbonyl (C=O) groups excluding carboxylic acids is 2. The van der Waals surface area contributed by atoms with Crippen molar-refractivity contribution >= 4 is 35.0 Å². The summed E-state index contributed by atoms with van der Waals surface area (Å²) >= 11 is 1.19. The van der Waals surface area contributed by atoms with Crippen molar-refractivity contribution in [3.63, 3.8) is 0 Å². The average Bonchev–Trinajstić information content (AvgIpc) is 3.08. The van der Waals surface area contributed by atoms with E-state index in [0.29, 0.717) is 16.3 Å². The van der Waals surface area contributed by atoms with Crippen molar-refractivity contribution < 1.29 is 29.3 Å². The van der Waals surface area contributed by atoms with Gasteiger partial charge in [0.15, 0.2) is 6.04 Å². The van der Waals surface area contributed by atoms with E-state index in [1.165, 1.54) is 16.7 Å². The zero-order valence-corrected chi connectivity index (χ0v) is 16.4. The Labute approximate surface area is 165 Å². The number of hydrogen-bond acceptors (Lipinski definition) is 7. The molecule has 1 aromatic heterocycles. The summed E-state index contributed by atoms with van der Waals surface area (Å²) in [7, 11) is 0. The summed E-state index contributed by atoms with van der Waals surface area (Å²) in [4.78, 5) is 39.1. The molecule has 0 bridgehead atoms. The number of aliphatic hydroxyl groups excluding tert-OH is 1. The van der Waals surface area contributed by atoms with E-state index in [2.05, 4.69) is 15.6 Å². The highest BCUT2D eigenvalue weighted by Gasteiger charge is 2.21. The lowest BCUT2D eigenvalue weighted by Gasteiger charge is -2.19. The second kappa shape index (κ2) is 8.81. The van der Waals surface area contributed by atoms with Gasteiger partial charge in [-0.3, -0.25) is 10.1 Å². The van der Waals surface area contributed by atoms with Crippen LogP contribution in [0.15, 0.2) is 29.6 Å². The first-order valence-corrected chi connectivity index (χ1v) is 9.17. The topological polar surface area (TPSA) is 138 Å². The van der Waals surface area contributed by atoms with E-state index in [0.717, 1.165) is 0 Å². The third-order valence-corrected chi connectivity index (χ3v) is 4.17. The Morgan fingerprint density at radius 3 is 2.61 bits per heavy atom. The molecule has 0 spiro atoms. The minimum atomic E-state index is -1.40. The van der Waals surface area contributed by atoms with Gasteiger partial charge < -0.3 is 20.3 Å². The molecule has 1 aromatic carbocycles. The second-order valence-corrected chi connectivity index (χ2v) is 7.65. The van der Waals surface area contributed by atoms with E-state index in [1.807, 2.05) is 0 Å². The third kappa shape index (κ3) is 6.03. The number of aliphatic carboxylic acids is 1. The van der Waals surface area contributed by atoms with Crippen molar-refractivity contribution in [2.24, 2.45) is 0 Å². The first-order chi connectivity index (χ1) is 13.1. The molecule has 2 amide bonds. The lowest BCUT2D eigenvalue weighted by atomic mass is 10.2. The summed E-state index contributed by atoms with van der Waals surface area (Å²) in [6.45, 7) is 4.56. The van der Waals surface area contributed by atoms with Crippen LogP contribution in [0.3, 0.4) is 0 Å². The van der Waals surface area contributed by atoms with Gasteiger partial charge in [-0.25, -0.2) is 14.6 Å². The van der Waals surface area contributed by atoms with Crippen LogP contribution in [0.2, 0.25) is 0 Å². The molecule has 0 aliphatic rings. The van der Waals surface area contributed by atoms with Gasteiger partial charge in [0.2, 0.25) is 0 Å². The Hall–Kier alpha value is -2.98. The van der Waals surface area contributed by atoms with E-state index >= 15 is 0 Å². The largest absolute Gasteiger partial charge is 0.480 e. The van der Waals surface area contributed by atoms with Crippen LogP contribution in [0.4, 0.5) is 10.5 Å². The van der Waals surface area contributed by atoms with Crippen LogP contribution in [0.25, 0.3) is 10.6 Å². The Balaban J connectivity index is 2.12. The zero-order valence-electron chi connectivity index (χ0n) is 15.6. The Morgan fingerprint density at radius 1 is 1.29 bits per heavy atom. The van der Waals surface area contributed by atoms with E-state index in [9.17, 15) is 14.4 Å². The lowest BCUT2D eigenvalue weighted by Crippen LogP contribution is -2.43. The average molecular weight is 407 g/mol. The highest BCUT2D eigenvalue weighted by molar-refractivity contribution is 7.13. The van der Waals surface area contributed by atoms with E-state index in [-0.39, 0.29) is 5.69 Å². The van der Waals surface area contributed by atoms with Crippen LogP contribution in [-0.2, 0) is 9.53 Å². The molecule has 150 valence electrons. The monoisotopic (exact) mass is 407 g/mol. The van der Waals surface area contributed by atoms with Gasteiger partial charge >= 0.3 is 12.1 Å². The number of rotatable bonds is 6. The fourth-order valence-electron chi connectivity index (χ4n) is 2.08. The Kier molecular flexibility index (Phi) is 6.71. The number of carboxylic acids is 1. The molecule has 0 saturated heterocycles. The van der Waals surface area contributed by atoms with Gasteiger partial charge in [0.1, 0.15) is 16.3 Å². The molecule has 10 heteroatoms. The summed E-state index contributed by atoms with van der Waals surface area (Å²) in [5, 5.41) is 24.7. The van der Waals surface area contributed by atoms with Crippen LogP contribution in [0.1, 0.15) is 31.3 Å². The summed E-state index contributed by atoms with van der Waals surface area (Å²) in [6.07, 6.45) is -0.590. The number of amides is 2. The molecule has 0 unspecified atom stereocenters. The summed E-state index contributed by atoms with van der Waals surface area (Å²) in [5.74, 6) is -2.04. The first kappa shape index (κ1) is 21.3. The predicted molar refractivity (Wildman–Crippen MR) is 103 cm³/mol. The maximum absolute atomic E-state index is 12.1. The minimum Gasteiger partial charge on any atom is -0.480 e. The van der Waals surface area contributed by atoms with Gasteiger partial charge in [0.05, 0.1) is 6.61 Å². The number of hydrogen-bond donors (Lipinski definition) is 4. The summed E-state index contributed by atoms with van der Waals surface area (Å²) < 4.78 is 5.21. The van der Waals surface area contributed by atoms with Crippen LogP contribution in [0.5, 0.6) is 0 Å². The quantitative estimate of drug-likeness (QED) is 0.576. The van der Waals surface area contributed by atoms with Gasteiger partial charge in [0.25, 0.3) is 5.91 Å². The molecule has 0 fully saturated rings. The van der Waals surface area contributed by atoms with E-state index in [4.69, 9.17) is 14.9 Å². The van der Waals surface area contributed by atoms with Crippen LogP contribution in [0, 0.1) is 0 Å². The van der Waals surface area contributed by atoms with Gasteiger partial charge in [-0.1, -0.05) is 12.1 Å². The molecule has 1 heterocycles. The molecule has 1 atom stereocenters. The summed E-state index contributed by atoms with van der Waals surface area (Å²) in [6, 6.07) is 5.44. The number of carboxylic acid groups (broad SMARTS) is 1. The van der Waals surface area contributed by atoms with Crippen molar-refractivity contribution in [2.75, 3.05) is 11.9 Å². The molecule has 0 radical (unpaired) electrons. The molecule has 9 nitrogen and oxygen atoms in total. The highest BCUT2D eigenvalue weighted by Crippen LogP contribution is 2.26. The van der Waals surface area contributed by atoms with Crippen molar-refractivity contribution in [3.8, 4) is 10.6 Å². The number of ether oxygens (including phenoxy) is 1. The maximum atomic E-state index is 12.1. The molecule has 0 aliphatic carbocycles.